The predicted molar refractivity (Wildman–Crippen MR) is 69.7 cm³/mol. The molecule has 3 heteroatoms. The van der Waals surface area contributed by atoms with Crippen molar-refractivity contribution >= 4 is 5.91 Å². The summed E-state index contributed by atoms with van der Waals surface area (Å²) in [5.41, 5.74) is 0.217. The molecular weight excluding hydrogens is 214 g/mol. The van der Waals surface area contributed by atoms with E-state index in [1.807, 2.05) is 7.05 Å². The number of hydrogen-bond acceptors (Lipinski definition) is 2. The van der Waals surface area contributed by atoms with Gasteiger partial charge in [-0.15, -0.1) is 0 Å². The molecule has 1 amide bonds. The Morgan fingerprint density at radius 1 is 1.35 bits per heavy atom. The second kappa shape index (κ2) is 6.39. The first-order chi connectivity index (χ1) is 7.93. The van der Waals surface area contributed by atoms with Gasteiger partial charge in [-0.1, -0.05) is 26.2 Å². The summed E-state index contributed by atoms with van der Waals surface area (Å²) in [6.45, 7) is 4.67. The minimum Gasteiger partial charge on any atom is -0.393 e. The van der Waals surface area contributed by atoms with E-state index < -0.39 is 0 Å². The average molecular weight is 241 g/mol. The van der Waals surface area contributed by atoms with Crippen molar-refractivity contribution in [1.82, 2.24) is 4.90 Å². The minimum atomic E-state index is -0.324. The van der Waals surface area contributed by atoms with Crippen LogP contribution in [0.15, 0.2) is 0 Å². The number of aliphatic hydroxyl groups is 1. The van der Waals surface area contributed by atoms with Gasteiger partial charge in [0.1, 0.15) is 0 Å². The van der Waals surface area contributed by atoms with Crippen LogP contribution in [-0.2, 0) is 4.79 Å². The molecule has 1 N–H and O–H groups in total. The monoisotopic (exact) mass is 241 g/mol. The molecule has 0 saturated heterocycles. The lowest BCUT2D eigenvalue weighted by atomic mass is 9.73. The third-order valence-electron chi connectivity index (χ3n) is 3.95. The number of rotatable bonds is 5. The summed E-state index contributed by atoms with van der Waals surface area (Å²) >= 11 is 0. The molecule has 1 atom stereocenters. The highest BCUT2D eigenvalue weighted by atomic mass is 16.3. The highest BCUT2D eigenvalue weighted by Gasteiger charge is 2.30. The van der Waals surface area contributed by atoms with E-state index in [2.05, 4.69) is 6.92 Å². The van der Waals surface area contributed by atoms with Crippen LogP contribution in [0.1, 0.15) is 58.8 Å². The van der Waals surface area contributed by atoms with Crippen LogP contribution in [0.25, 0.3) is 0 Å². The van der Waals surface area contributed by atoms with E-state index in [9.17, 15) is 9.90 Å². The Morgan fingerprint density at radius 2 is 1.94 bits per heavy atom. The summed E-state index contributed by atoms with van der Waals surface area (Å²) in [7, 11) is 1.84. The zero-order valence-electron chi connectivity index (χ0n) is 11.5. The molecule has 3 nitrogen and oxygen atoms in total. The first kappa shape index (κ1) is 14.5. The van der Waals surface area contributed by atoms with Gasteiger partial charge in [-0.25, -0.2) is 0 Å². The Labute approximate surface area is 105 Å². The number of nitrogens with zero attached hydrogens (tertiary/aromatic N) is 1. The van der Waals surface area contributed by atoms with E-state index in [0.29, 0.717) is 19.4 Å². The summed E-state index contributed by atoms with van der Waals surface area (Å²) in [5, 5.41) is 9.22. The van der Waals surface area contributed by atoms with Gasteiger partial charge >= 0.3 is 0 Å². The van der Waals surface area contributed by atoms with E-state index in [1.165, 1.54) is 32.1 Å². The lowest BCUT2D eigenvalue weighted by molar-refractivity contribution is -0.133. The number of carbonyl (C=O) groups is 1. The van der Waals surface area contributed by atoms with Crippen LogP contribution in [0.4, 0.5) is 0 Å². The molecule has 17 heavy (non-hydrogen) atoms. The van der Waals surface area contributed by atoms with Crippen LogP contribution in [0.3, 0.4) is 0 Å². The van der Waals surface area contributed by atoms with Gasteiger partial charge < -0.3 is 10.0 Å². The predicted octanol–water partition coefficient (Wildman–Crippen LogP) is 2.58. The zero-order valence-corrected chi connectivity index (χ0v) is 11.5. The van der Waals surface area contributed by atoms with Gasteiger partial charge in [-0.3, -0.25) is 4.79 Å². The van der Waals surface area contributed by atoms with Crippen molar-refractivity contribution in [3.8, 4) is 0 Å². The summed E-state index contributed by atoms with van der Waals surface area (Å²) < 4.78 is 0. The number of amides is 1. The molecule has 1 aliphatic carbocycles. The van der Waals surface area contributed by atoms with Gasteiger partial charge in [-0.05, 0) is 31.6 Å². The van der Waals surface area contributed by atoms with Gasteiger partial charge in [-0.2, -0.15) is 0 Å². The summed E-state index contributed by atoms with van der Waals surface area (Å²) in [4.78, 5) is 13.8. The molecule has 1 saturated carbocycles. The normalized spacial score (nSPS) is 20.9. The molecule has 100 valence electrons. The second-order valence-corrected chi connectivity index (χ2v) is 6.00. The third kappa shape index (κ3) is 5.07. The molecule has 0 aromatic heterocycles. The second-order valence-electron chi connectivity index (χ2n) is 6.00. The Bertz CT molecular complexity index is 245. The summed E-state index contributed by atoms with van der Waals surface area (Å²) in [6, 6.07) is 0. The Hall–Kier alpha value is -0.570. The number of carbonyl (C=O) groups excluding carboxylic acids is 1. The van der Waals surface area contributed by atoms with E-state index in [-0.39, 0.29) is 17.4 Å². The van der Waals surface area contributed by atoms with E-state index >= 15 is 0 Å². The lowest BCUT2D eigenvalue weighted by Crippen LogP contribution is -2.34. The van der Waals surface area contributed by atoms with Crippen LogP contribution in [-0.4, -0.2) is 35.6 Å². The Balaban J connectivity index is 2.36. The topological polar surface area (TPSA) is 40.5 Å². The SMILES string of the molecule is CC(O)CCN(C)C(=O)CC1(C)CCCCC1. The fraction of sp³-hybridized carbons (Fsp3) is 0.929. The fourth-order valence-electron chi connectivity index (χ4n) is 2.59. The molecule has 0 radical (unpaired) electrons. The van der Waals surface area contributed by atoms with Crippen molar-refractivity contribution in [1.29, 1.82) is 0 Å². The van der Waals surface area contributed by atoms with Crippen LogP contribution >= 0.6 is 0 Å². The molecule has 0 heterocycles. The van der Waals surface area contributed by atoms with Gasteiger partial charge in [0.2, 0.25) is 5.91 Å². The summed E-state index contributed by atoms with van der Waals surface area (Å²) in [6.07, 6.45) is 7.23. The van der Waals surface area contributed by atoms with Crippen molar-refractivity contribution in [2.75, 3.05) is 13.6 Å². The Morgan fingerprint density at radius 3 is 2.47 bits per heavy atom. The van der Waals surface area contributed by atoms with Crippen molar-refractivity contribution in [3.05, 3.63) is 0 Å². The molecule has 1 aliphatic rings. The first-order valence-electron chi connectivity index (χ1n) is 6.85. The molecule has 1 fully saturated rings. The first-order valence-corrected chi connectivity index (χ1v) is 6.85. The molecule has 0 bridgehead atoms. The van der Waals surface area contributed by atoms with Crippen LogP contribution in [0, 0.1) is 5.41 Å². The van der Waals surface area contributed by atoms with Crippen molar-refractivity contribution in [2.24, 2.45) is 5.41 Å². The fourth-order valence-corrected chi connectivity index (χ4v) is 2.59. The molecular formula is C14H27NO2. The third-order valence-corrected chi connectivity index (χ3v) is 3.95. The standard InChI is InChI=1S/C14H27NO2/c1-12(16)7-10-15(3)13(17)11-14(2)8-5-4-6-9-14/h12,16H,4-11H2,1-3H3. The molecule has 0 spiro atoms. The average Bonchev–Trinajstić information content (AvgIpc) is 2.26. The van der Waals surface area contributed by atoms with Crippen LogP contribution in [0.2, 0.25) is 0 Å². The highest BCUT2D eigenvalue weighted by molar-refractivity contribution is 5.76. The van der Waals surface area contributed by atoms with Gasteiger partial charge in [0.25, 0.3) is 0 Å². The van der Waals surface area contributed by atoms with Crippen molar-refractivity contribution < 1.29 is 9.90 Å². The van der Waals surface area contributed by atoms with Crippen LogP contribution in [0.5, 0.6) is 0 Å². The molecule has 0 aromatic carbocycles. The zero-order chi connectivity index (χ0) is 12.9. The number of aliphatic hydroxyl groups excluding tert-OH is 1. The van der Waals surface area contributed by atoms with Crippen LogP contribution < -0.4 is 0 Å². The maximum atomic E-state index is 12.1. The number of hydrogen-bond donors (Lipinski definition) is 1. The molecule has 1 unspecified atom stereocenters. The molecule has 0 aliphatic heterocycles. The Kier molecular flexibility index (Phi) is 5.44. The maximum Gasteiger partial charge on any atom is 0.222 e. The quantitative estimate of drug-likeness (QED) is 0.803. The van der Waals surface area contributed by atoms with E-state index in [1.54, 1.807) is 11.8 Å². The largest absolute Gasteiger partial charge is 0.393 e. The summed E-state index contributed by atoms with van der Waals surface area (Å²) in [5.74, 6) is 0.232. The maximum absolute atomic E-state index is 12.1. The highest BCUT2D eigenvalue weighted by Crippen LogP contribution is 2.38. The molecule has 1 rings (SSSR count). The van der Waals surface area contributed by atoms with E-state index in [4.69, 9.17) is 0 Å². The van der Waals surface area contributed by atoms with E-state index in [0.717, 1.165) is 0 Å². The van der Waals surface area contributed by atoms with Crippen molar-refractivity contribution in [2.45, 2.75) is 64.9 Å². The lowest BCUT2D eigenvalue weighted by Gasteiger charge is -2.34. The smallest absolute Gasteiger partial charge is 0.222 e. The van der Waals surface area contributed by atoms with Crippen molar-refractivity contribution in [3.63, 3.8) is 0 Å². The minimum absolute atomic E-state index is 0.217. The van der Waals surface area contributed by atoms with Gasteiger partial charge in [0.15, 0.2) is 0 Å². The van der Waals surface area contributed by atoms with Gasteiger partial charge in [0.05, 0.1) is 6.10 Å². The van der Waals surface area contributed by atoms with Gasteiger partial charge in [0, 0.05) is 20.0 Å². The molecule has 0 aromatic rings.